The van der Waals surface area contributed by atoms with E-state index in [0.717, 1.165) is 0 Å². The van der Waals surface area contributed by atoms with E-state index in [0.29, 0.717) is 54.3 Å². The SMILES string of the molecule is CC(OC(=O)c1ccccc1Nc1ccc(SC(F)F)cc1)C(=O)N1CCOCC1. The van der Waals surface area contributed by atoms with Crippen molar-refractivity contribution < 1.29 is 27.8 Å². The summed E-state index contributed by atoms with van der Waals surface area (Å²) in [4.78, 5) is 27.2. The molecule has 160 valence electrons. The number of nitrogens with zero attached hydrogens (tertiary/aromatic N) is 1. The molecular weight excluding hydrogens is 414 g/mol. The third-order valence-corrected chi connectivity index (χ3v) is 5.18. The van der Waals surface area contributed by atoms with Crippen LogP contribution >= 0.6 is 11.8 Å². The molecule has 0 saturated carbocycles. The summed E-state index contributed by atoms with van der Waals surface area (Å²) < 4.78 is 35.5. The Morgan fingerprint density at radius 3 is 2.43 bits per heavy atom. The number of anilines is 2. The highest BCUT2D eigenvalue weighted by molar-refractivity contribution is 7.99. The molecule has 0 spiro atoms. The van der Waals surface area contributed by atoms with E-state index in [4.69, 9.17) is 9.47 Å². The summed E-state index contributed by atoms with van der Waals surface area (Å²) in [6, 6.07) is 13.2. The fourth-order valence-corrected chi connectivity index (χ4v) is 3.46. The van der Waals surface area contributed by atoms with E-state index in [2.05, 4.69) is 5.32 Å². The number of para-hydroxylation sites is 1. The summed E-state index contributed by atoms with van der Waals surface area (Å²) in [5.41, 5.74) is 1.39. The number of hydrogen-bond acceptors (Lipinski definition) is 6. The third-order valence-electron chi connectivity index (χ3n) is 4.46. The zero-order valence-electron chi connectivity index (χ0n) is 16.3. The molecule has 1 fully saturated rings. The number of benzene rings is 2. The van der Waals surface area contributed by atoms with Crippen molar-refractivity contribution in [3.05, 3.63) is 54.1 Å². The molecule has 0 aromatic heterocycles. The minimum absolute atomic E-state index is 0.260. The molecule has 1 aliphatic rings. The Balaban J connectivity index is 1.66. The predicted octanol–water partition coefficient (Wildman–Crippen LogP) is 4.15. The largest absolute Gasteiger partial charge is 0.449 e. The Hall–Kier alpha value is -2.65. The molecule has 1 amide bonds. The number of thioether (sulfide) groups is 1. The summed E-state index contributed by atoms with van der Waals surface area (Å²) in [5, 5.41) is 3.09. The molecule has 1 heterocycles. The number of carbonyl (C=O) groups excluding carboxylic acids is 2. The molecule has 1 saturated heterocycles. The van der Waals surface area contributed by atoms with Crippen molar-refractivity contribution in [3.63, 3.8) is 0 Å². The first-order chi connectivity index (χ1) is 14.4. The maximum absolute atomic E-state index is 12.7. The summed E-state index contributed by atoms with van der Waals surface area (Å²) in [7, 11) is 0. The molecule has 30 heavy (non-hydrogen) atoms. The van der Waals surface area contributed by atoms with Crippen LogP contribution in [0.4, 0.5) is 20.2 Å². The molecule has 1 aliphatic heterocycles. The number of morpholine rings is 1. The maximum atomic E-state index is 12.7. The highest BCUT2D eigenvalue weighted by Gasteiger charge is 2.26. The number of rotatable bonds is 7. The monoisotopic (exact) mass is 436 g/mol. The number of ether oxygens (including phenoxy) is 2. The Kier molecular flexibility index (Phi) is 7.64. The Bertz CT molecular complexity index is 874. The quantitative estimate of drug-likeness (QED) is 0.520. The molecule has 0 radical (unpaired) electrons. The molecule has 2 aromatic carbocycles. The normalized spacial score (nSPS) is 15.0. The number of esters is 1. The van der Waals surface area contributed by atoms with Crippen LogP contribution < -0.4 is 5.32 Å². The van der Waals surface area contributed by atoms with Gasteiger partial charge in [-0.1, -0.05) is 23.9 Å². The second-order valence-electron chi connectivity index (χ2n) is 6.56. The first kappa shape index (κ1) is 22.0. The number of nitrogens with one attached hydrogen (secondary N) is 1. The van der Waals surface area contributed by atoms with Gasteiger partial charge in [0.1, 0.15) is 0 Å². The number of amides is 1. The summed E-state index contributed by atoms with van der Waals surface area (Å²) in [5.74, 6) is -3.37. The maximum Gasteiger partial charge on any atom is 0.341 e. The number of carbonyl (C=O) groups is 2. The first-order valence-electron chi connectivity index (χ1n) is 9.42. The lowest BCUT2D eigenvalue weighted by atomic mass is 10.1. The van der Waals surface area contributed by atoms with Crippen LogP contribution in [0, 0.1) is 0 Å². The first-order valence-corrected chi connectivity index (χ1v) is 10.3. The minimum atomic E-state index is -2.48. The lowest BCUT2D eigenvalue weighted by molar-refractivity contribution is -0.143. The van der Waals surface area contributed by atoms with Gasteiger partial charge in [-0.15, -0.1) is 0 Å². The zero-order valence-corrected chi connectivity index (χ0v) is 17.2. The van der Waals surface area contributed by atoms with Gasteiger partial charge in [0.25, 0.3) is 11.7 Å². The smallest absolute Gasteiger partial charge is 0.341 e. The summed E-state index contributed by atoms with van der Waals surface area (Å²) in [6.45, 7) is 3.42. The van der Waals surface area contributed by atoms with Crippen molar-refractivity contribution in [1.29, 1.82) is 0 Å². The van der Waals surface area contributed by atoms with E-state index in [-0.39, 0.29) is 11.5 Å². The zero-order chi connectivity index (χ0) is 21.5. The van der Waals surface area contributed by atoms with Crippen LogP contribution in [0.2, 0.25) is 0 Å². The van der Waals surface area contributed by atoms with Gasteiger partial charge in [0.15, 0.2) is 6.10 Å². The Labute approximate surface area is 177 Å². The van der Waals surface area contributed by atoms with E-state index in [9.17, 15) is 18.4 Å². The van der Waals surface area contributed by atoms with Gasteiger partial charge in [-0.25, -0.2) is 4.79 Å². The lowest BCUT2D eigenvalue weighted by Gasteiger charge is -2.29. The number of halogens is 2. The summed E-state index contributed by atoms with van der Waals surface area (Å²) >= 11 is 0.464. The van der Waals surface area contributed by atoms with Crippen LogP contribution in [0.5, 0.6) is 0 Å². The third kappa shape index (κ3) is 5.93. The molecular formula is C21H22F2N2O4S. The highest BCUT2D eigenvalue weighted by Crippen LogP contribution is 2.28. The van der Waals surface area contributed by atoms with E-state index >= 15 is 0 Å². The molecule has 1 unspecified atom stereocenters. The van der Waals surface area contributed by atoms with Crippen LogP contribution in [0.3, 0.4) is 0 Å². The van der Waals surface area contributed by atoms with Crippen molar-refractivity contribution in [1.82, 2.24) is 4.90 Å². The van der Waals surface area contributed by atoms with Crippen molar-refractivity contribution in [2.75, 3.05) is 31.6 Å². The molecule has 0 bridgehead atoms. The van der Waals surface area contributed by atoms with Gasteiger partial charge in [-0.3, -0.25) is 4.79 Å². The van der Waals surface area contributed by atoms with E-state index in [1.54, 1.807) is 60.4 Å². The van der Waals surface area contributed by atoms with E-state index < -0.39 is 17.8 Å². The standard InChI is InChI=1S/C21H22F2N2O4S/c1-14(19(26)25-10-12-28-13-11-25)29-20(27)17-4-2-3-5-18(17)24-15-6-8-16(9-7-15)30-21(22)23/h2-9,14,21,24H,10-13H2,1H3. The van der Waals surface area contributed by atoms with Crippen molar-refractivity contribution in [2.24, 2.45) is 0 Å². The molecule has 1 atom stereocenters. The molecule has 6 nitrogen and oxygen atoms in total. The number of hydrogen-bond donors (Lipinski definition) is 1. The van der Waals surface area contributed by atoms with Gasteiger partial charge >= 0.3 is 5.97 Å². The van der Waals surface area contributed by atoms with Gasteiger partial charge in [0, 0.05) is 23.7 Å². The molecule has 0 aliphatic carbocycles. The van der Waals surface area contributed by atoms with Crippen LogP contribution in [-0.2, 0) is 14.3 Å². The average molecular weight is 436 g/mol. The van der Waals surface area contributed by atoms with Gasteiger partial charge in [0.05, 0.1) is 24.5 Å². The molecule has 1 N–H and O–H groups in total. The van der Waals surface area contributed by atoms with Crippen LogP contribution in [0.1, 0.15) is 17.3 Å². The Morgan fingerprint density at radius 2 is 1.77 bits per heavy atom. The topological polar surface area (TPSA) is 67.9 Å². The van der Waals surface area contributed by atoms with Crippen molar-refractivity contribution in [3.8, 4) is 0 Å². The fraction of sp³-hybridized carbons (Fsp3) is 0.333. The number of alkyl halides is 2. The van der Waals surface area contributed by atoms with Crippen molar-refractivity contribution in [2.45, 2.75) is 23.7 Å². The summed E-state index contributed by atoms with van der Waals surface area (Å²) in [6.07, 6.45) is -0.922. The van der Waals surface area contributed by atoms with Gasteiger partial charge < -0.3 is 19.7 Å². The van der Waals surface area contributed by atoms with Crippen LogP contribution in [0.15, 0.2) is 53.4 Å². The van der Waals surface area contributed by atoms with Crippen LogP contribution in [-0.4, -0.2) is 54.9 Å². The second-order valence-corrected chi connectivity index (χ2v) is 7.62. The lowest BCUT2D eigenvalue weighted by Crippen LogP contribution is -2.46. The average Bonchev–Trinajstić information content (AvgIpc) is 2.75. The predicted molar refractivity (Wildman–Crippen MR) is 110 cm³/mol. The highest BCUT2D eigenvalue weighted by atomic mass is 32.2. The Morgan fingerprint density at radius 1 is 1.10 bits per heavy atom. The van der Waals surface area contributed by atoms with E-state index in [1.165, 1.54) is 0 Å². The second kappa shape index (κ2) is 10.4. The van der Waals surface area contributed by atoms with E-state index in [1.807, 2.05) is 0 Å². The molecule has 9 heteroatoms. The van der Waals surface area contributed by atoms with Crippen molar-refractivity contribution >= 4 is 35.0 Å². The molecule has 3 rings (SSSR count). The fourth-order valence-electron chi connectivity index (χ4n) is 2.96. The minimum Gasteiger partial charge on any atom is -0.449 e. The molecule has 2 aromatic rings. The van der Waals surface area contributed by atoms with Gasteiger partial charge in [-0.05, 0) is 43.3 Å². The van der Waals surface area contributed by atoms with Gasteiger partial charge in [0.2, 0.25) is 0 Å². The van der Waals surface area contributed by atoms with Crippen LogP contribution in [0.25, 0.3) is 0 Å². The van der Waals surface area contributed by atoms with Gasteiger partial charge in [-0.2, -0.15) is 8.78 Å².